The molecule has 2 fully saturated rings. The number of benzene rings is 1. The molecule has 2 aliphatic heterocycles. The van der Waals surface area contributed by atoms with Crippen LogP contribution in [0.25, 0.3) is 0 Å². The lowest BCUT2D eigenvalue weighted by atomic mass is 10.0. The second-order valence-corrected chi connectivity index (χ2v) is 7.90. The normalized spacial score (nSPS) is 21.0. The molecular formula is C22H29N5O. The molecule has 0 aliphatic carbocycles. The molecule has 0 spiro atoms. The van der Waals surface area contributed by atoms with Crippen LogP contribution >= 0.6 is 0 Å². The molecule has 148 valence electrons. The molecule has 6 nitrogen and oxygen atoms in total. The highest BCUT2D eigenvalue weighted by Gasteiger charge is 2.31. The summed E-state index contributed by atoms with van der Waals surface area (Å²) < 4.78 is 0. The molecule has 0 bridgehead atoms. The van der Waals surface area contributed by atoms with Crippen molar-refractivity contribution < 1.29 is 4.79 Å². The molecule has 6 heteroatoms. The van der Waals surface area contributed by atoms with E-state index in [9.17, 15) is 4.79 Å². The van der Waals surface area contributed by atoms with Crippen LogP contribution in [-0.2, 0) is 0 Å². The molecule has 2 aromatic rings. The Bertz CT molecular complexity index is 814. The number of carbonyl (C=O) groups is 1. The van der Waals surface area contributed by atoms with Gasteiger partial charge >= 0.3 is 0 Å². The lowest BCUT2D eigenvalue weighted by Crippen LogP contribution is -2.56. The van der Waals surface area contributed by atoms with Crippen molar-refractivity contribution in [3.63, 3.8) is 0 Å². The molecule has 1 atom stereocenters. The molecule has 2 saturated heterocycles. The zero-order valence-corrected chi connectivity index (χ0v) is 16.8. The Hall–Kier alpha value is -2.47. The van der Waals surface area contributed by atoms with Crippen molar-refractivity contribution in [2.75, 3.05) is 44.2 Å². The number of likely N-dealkylation sites (tertiary alicyclic amines) is 1. The van der Waals surface area contributed by atoms with Gasteiger partial charge in [-0.15, -0.1) is 0 Å². The third kappa shape index (κ3) is 4.02. The summed E-state index contributed by atoms with van der Waals surface area (Å²) >= 11 is 0. The Kier molecular flexibility index (Phi) is 5.57. The van der Waals surface area contributed by atoms with Crippen molar-refractivity contribution in [3.05, 3.63) is 53.6 Å². The Morgan fingerprint density at radius 2 is 1.79 bits per heavy atom. The summed E-state index contributed by atoms with van der Waals surface area (Å²) in [5.41, 5.74) is 3.97. The van der Waals surface area contributed by atoms with Crippen LogP contribution in [0.5, 0.6) is 0 Å². The summed E-state index contributed by atoms with van der Waals surface area (Å²) in [7, 11) is 0. The van der Waals surface area contributed by atoms with E-state index in [-0.39, 0.29) is 5.91 Å². The number of aromatic nitrogens is 2. The molecular weight excluding hydrogens is 350 g/mol. The second kappa shape index (κ2) is 8.27. The first kappa shape index (κ1) is 18.9. The van der Waals surface area contributed by atoms with Crippen molar-refractivity contribution >= 4 is 11.6 Å². The van der Waals surface area contributed by atoms with E-state index in [1.807, 2.05) is 11.8 Å². The average molecular weight is 380 g/mol. The van der Waals surface area contributed by atoms with Crippen LogP contribution in [0.4, 0.5) is 5.69 Å². The minimum atomic E-state index is 0.00995. The third-order valence-corrected chi connectivity index (χ3v) is 5.97. The number of aryl methyl sites for hydroxylation is 2. The van der Waals surface area contributed by atoms with Gasteiger partial charge in [-0.1, -0.05) is 18.2 Å². The van der Waals surface area contributed by atoms with Gasteiger partial charge in [0.25, 0.3) is 5.91 Å². The van der Waals surface area contributed by atoms with Gasteiger partial charge in [-0.25, -0.2) is 4.98 Å². The largest absolute Gasteiger partial charge is 0.369 e. The van der Waals surface area contributed by atoms with E-state index in [4.69, 9.17) is 0 Å². The molecule has 4 rings (SSSR count). The molecule has 0 saturated carbocycles. The smallest absolute Gasteiger partial charge is 0.274 e. The number of rotatable bonds is 3. The van der Waals surface area contributed by atoms with Gasteiger partial charge in [0.15, 0.2) is 0 Å². The Labute approximate surface area is 167 Å². The summed E-state index contributed by atoms with van der Waals surface area (Å²) in [6.07, 6.45) is 5.48. The maximum atomic E-state index is 12.8. The van der Waals surface area contributed by atoms with E-state index in [1.54, 1.807) is 12.4 Å². The molecule has 2 aliphatic rings. The van der Waals surface area contributed by atoms with E-state index in [2.05, 4.69) is 51.0 Å². The van der Waals surface area contributed by atoms with Gasteiger partial charge in [-0.3, -0.25) is 14.7 Å². The second-order valence-electron chi connectivity index (χ2n) is 7.90. The molecule has 1 amide bonds. The third-order valence-electron chi connectivity index (χ3n) is 5.97. The van der Waals surface area contributed by atoms with Gasteiger partial charge in [-0.05, 0) is 38.3 Å². The van der Waals surface area contributed by atoms with Crippen molar-refractivity contribution in [2.45, 2.75) is 32.7 Å². The summed E-state index contributed by atoms with van der Waals surface area (Å²) in [5, 5.41) is 0. The Balaban J connectivity index is 1.36. The van der Waals surface area contributed by atoms with Crippen molar-refractivity contribution in [3.8, 4) is 0 Å². The van der Waals surface area contributed by atoms with Gasteiger partial charge < -0.3 is 9.80 Å². The lowest BCUT2D eigenvalue weighted by molar-refractivity contribution is 0.0557. The maximum Gasteiger partial charge on any atom is 0.274 e. The molecule has 28 heavy (non-hydrogen) atoms. The molecule has 1 aromatic carbocycles. The Morgan fingerprint density at radius 1 is 1.00 bits per heavy atom. The quantitative estimate of drug-likeness (QED) is 0.820. The topological polar surface area (TPSA) is 52.6 Å². The predicted octanol–water partition coefficient (Wildman–Crippen LogP) is 2.52. The number of hydrogen-bond acceptors (Lipinski definition) is 5. The van der Waals surface area contributed by atoms with E-state index in [0.717, 1.165) is 57.8 Å². The summed E-state index contributed by atoms with van der Waals surface area (Å²) in [4.78, 5) is 28.3. The lowest BCUT2D eigenvalue weighted by Gasteiger charge is -2.44. The van der Waals surface area contributed by atoms with Crippen molar-refractivity contribution in [1.29, 1.82) is 0 Å². The van der Waals surface area contributed by atoms with Gasteiger partial charge in [0, 0.05) is 57.2 Å². The first-order chi connectivity index (χ1) is 13.6. The maximum absolute atomic E-state index is 12.8. The number of piperidine rings is 1. The standard InChI is InChI=1S/C22H29N5O/c1-17-6-3-4-8-21(17)26-12-10-25(11-13-26)19-7-5-9-27(16-19)22(28)20-15-23-18(2)14-24-20/h3-4,6,8,14-15,19H,5,7,9-13,16H2,1-2H3/t19-/m1/s1. The van der Waals surface area contributed by atoms with Crippen LogP contribution in [0.15, 0.2) is 36.7 Å². The van der Waals surface area contributed by atoms with Crippen LogP contribution in [0.3, 0.4) is 0 Å². The number of nitrogens with zero attached hydrogens (tertiary/aromatic N) is 5. The van der Waals surface area contributed by atoms with Crippen LogP contribution in [-0.4, -0.2) is 71.0 Å². The molecule has 3 heterocycles. The number of hydrogen-bond donors (Lipinski definition) is 0. The van der Waals surface area contributed by atoms with Crippen molar-refractivity contribution in [2.24, 2.45) is 0 Å². The Morgan fingerprint density at radius 3 is 2.50 bits per heavy atom. The van der Waals surface area contributed by atoms with Gasteiger partial charge in [0.2, 0.25) is 0 Å². The fourth-order valence-electron chi connectivity index (χ4n) is 4.35. The van der Waals surface area contributed by atoms with Gasteiger partial charge in [-0.2, -0.15) is 0 Å². The zero-order valence-electron chi connectivity index (χ0n) is 16.8. The van der Waals surface area contributed by atoms with E-state index in [0.29, 0.717) is 11.7 Å². The van der Waals surface area contributed by atoms with Gasteiger partial charge in [0.1, 0.15) is 5.69 Å². The minimum Gasteiger partial charge on any atom is -0.369 e. The van der Waals surface area contributed by atoms with Crippen LogP contribution in [0.2, 0.25) is 0 Å². The van der Waals surface area contributed by atoms with E-state index in [1.165, 1.54) is 11.3 Å². The fourth-order valence-corrected chi connectivity index (χ4v) is 4.35. The van der Waals surface area contributed by atoms with Crippen LogP contribution < -0.4 is 4.90 Å². The highest BCUT2D eigenvalue weighted by Crippen LogP contribution is 2.23. The number of anilines is 1. The van der Waals surface area contributed by atoms with Crippen LogP contribution in [0.1, 0.15) is 34.6 Å². The molecule has 0 unspecified atom stereocenters. The van der Waals surface area contributed by atoms with E-state index < -0.39 is 0 Å². The van der Waals surface area contributed by atoms with Gasteiger partial charge in [0.05, 0.1) is 11.9 Å². The van der Waals surface area contributed by atoms with Crippen molar-refractivity contribution in [1.82, 2.24) is 19.8 Å². The fraction of sp³-hybridized carbons (Fsp3) is 0.500. The first-order valence-corrected chi connectivity index (χ1v) is 10.2. The summed E-state index contributed by atoms with van der Waals surface area (Å²) in [6.45, 7) is 9.84. The minimum absolute atomic E-state index is 0.00995. The predicted molar refractivity (Wildman–Crippen MR) is 111 cm³/mol. The SMILES string of the molecule is Cc1cnc(C(=O)N2CCC[C@@H](N3CCN(c4ccccc4C)CC3)C2)cn1. The average Bonchev–Trinajstić information content (AvgIpc) is 2.74. The molecule has 1 aromatic heterocycles. The first-order valence-electron chi connectivity index (χ1n) is 10.2. The summed E-state index contributed by atoms with van der Waals surface area (Å²) in [6, 6.07) is 9.05. The zero-order chi connectivity index (χ0) is 19.5. The summed E-state index contributed by atoms with van der Waals surface area (Å²) in [5.74, 6) is 0.00995. The number of carbonyl (C=O) groups excluding carboxylic acids is 1. The number of piperazine rings is 1. The molecule has 0 radical (unpaired) electrons. The monoisotopic (exact) mass is 379 g/mol. The number of para-hydroxylation sites is 1. The highest BCUT2D eigenvalue weighted by atomic mass is 16.2. The number of amides is 1. The van der Waals surface area contributed by atoms with E-state index >= 15 is 0 Å². The highest BCUT2D eigenvalue weighted by molar-refractivity contribution is 5.92. The molecule has 0 N–H and O–H groups in total. The van der Waals surface area contributed by atoms with Crippen LogP contribution in [0, 0.1) is 13.8 Å².